The Kier molecular flexibility index (Phi) is 9.48. The maximum atomic E-state index is 11.5. The highest BCUT2D eigenvalue weighted by molar-refractivity contribution is 5.81. The number of ether oxygens (including phenoxy) is 2. The first-order valence-electron chi connectivity index (χ1n) is 7.87. The second kappa shape index (κ2) is 11.8. The van der Waals surface area contributed by atoms with E-state index in [-0.39, 0.29) is 37.9 Å². The van der Waals surface area contributed by atoms with Gasteiger partial charge in [-0.1, -0.05) is 36.1 Å². The Morgan fingerprint density at radius 1 is 1.25 bits per heavy atom. The molecule has 128 valence electrons. The van der Waals surface area contributed by atoms with Gasteiger partial charge in [0.2, 0.25) is 5.91 Å². The van der Waals surface area contributed by atoms with Crippen LogP contribution in [0.25, 0.3) is 0 Å². The molecule has 1 aromatic carbocycles. The van der Waals surface area contributed by atoms with Crippen LogP contribution in [-0.2, 0) is 20.7 Å². The van der Waals surface area contributed by atoms with E-state index in [4.69, 9.17) is 9.47 Å². The van der Waals surface area contributed by atoms with Crippen LogP contribution in [0.15, 0.2) is 36.9 Å². The van der Waals surface area contributed by atoms with Gasteiger partial charge in [-0.05, 0) is 25.0 Å². The predicted octanol–water partition coefficient (Wildman–Crippen LogP) is 2.26. The number of para-hydroxylation sites is 1. The molecule has 1 aromatic rings. The summed E-state index contributed by atoms with van der Waals surface area (Å²) in [6.45, 7) is 6.23. The van der Waals surface area contributed by atoms with E-state index in [0.29, 0.717) is 6.61 Å². The van der Waals surface area contributed by atoms with Crippen LogP contribution in [0.4, 0.5) is 0 Å². The van der Waals surface area contributed by atoms with Gasteiger partial charge in [-0.2, -0.15) is 0 Å². The molecule has 0 spiro atoms. The van der Waals surface area contributed by atoms with Gasteiger partial charge in [0, 0.05) is 6.42 Å². The van der Waals surface area contributed by atoms with Crippen molar-refractivity contribution in [3.63, 3.8) is 0 Å². The smallest absolute Gasteiger partial charge is 0.306 e. The Morgan fingerprint density at radius 2 is 2.04 bits per heavy atom. The largest absolute Gasteiger partial charge is 0.481 e. The molecule has 24 heavy (non-hydrogen) atoms. The third-order valence-electron chi connectivity index (χ3n) is 3.00. The first-order valence-corrected chi connectivity index (χ1v) is 7.87. The van der Waals surface area contributed by atoms with Crippen LogP contribution in [-0.4, -0.2) is 31.6 Å². The summed E-state index contributed by atoms with van der Waals surface area (Å²) in [5, 5.41) is 2.62. The van der Waals surface area contributed by atoms with Crippen LogP contribution in [0.3, 0.4) is 0 Å². The number of amides is 1. The zero-order valence-electron chi connectivity index (χ0n) is 14.0. The monoisotopic (exact) mass is 329 g/mol. The molecule has 1 rings (SSSR count). The van der Waals surface area contributed by atoms with E-state index in [1.54, 1.807) is 6.92 Å². The van der Waals surface area contributed by atoms with Crippen LogP contribution in [0.1, 0.15) is 25.3 Å². The number of carbonyl (C=O) groups excluding carboxylic acids is 2. The van der Waals surface area contributed by atoms with Crippen LogP contribution < -0.4 is 10.1 Å². The molecule has 0 radical (unpaired) electrons. The van der Waals surface area contributed by atoms with E-state index < -0.39 is 0 Å². The van der Waals surface area contributed by atoms with Gasteiger partial charge < -0.3 is 14.8 Å². The standard InChI is InChI=1S/C19H23NO4/c1-3-9-16-10-5-6-11-17(16)24-15-8-7-14-20-18(21)12-13-19(22)23-4-2/h3,5-6,10-11H,1,4,9,12-15H2,2H3,(H,20,21). The van der Waals surface area contributed by atoms with Crippen molar-refractivity contribution in [1.29, 1.82) is 0 Å². The van der Waals surface area contributed by atoms with Crippen LogP contribution in [0.2, 0.25) is 0 Å². The van der Waals surface area contributed by atoms with Crippen molar-refractivity contribution in [3.05, 3.63) is 42.5 Å². The lowest BCUT2D eigenvalue weighted by Gasteiger charge is -2.07. The second-order valence-electron chi connectivity index (χ2n) is 4.82. The normalized spacial score (nSPS) is 9.38. The molecule has 5 heteroatoms. The summed E-state index contributed by atoms with van der Waals surface area (Å²) in [4.78, 5) is 22.6. The molecule has 0 aliphatic rings. The van der Waals surface area contributed by atoms with Crippen molar-refractivity contribution in [2.24, 2.45) is 0 Å². The molecule has 0 aromatic heterocycles. The predicted molar refractivity (Wildman–Crippen MR) is 92.5 cm³/mol. The average Bonchev–Trinajstić information content (AvgIpc) is 2.58. The van der Waals surface area contributed by atoms with Gasteiger partial charge in [-0.15, -0.1) is 6.58 Å². The molecule has 0 atom stereocenters. The quantitative estimate of drug-likeness (QED) is 0.429. The van der Waals surface area contributed by atoms with Crippen LogP contribution in [0, 0.1) is 11.8 Å². The fourth-order valence-electron chi connectivity index (χ4n) is 1.88. The van der Waals surface area contributed by atoms with Gasteiger partial charge >= 0.3 is 5.97 Å². The minimum Gasteiger partial charge on any atom is -0.481 e. The summed E-state index contributed by atoms with van der Waals surface area (Å²) >= 11 is 0. The summed E-state index contributed by atoms with van der Waals surface area (Å²) in [6, 6.07) is 7.72. The lowest BCUT2D eigenvalue weighted by atomic mass is 10.1. The van der Waals surface area contributed by atoms with Crippen LogP contribution in [0.5, 0.6) is 5.75 Å². The molecule has 0 aliphatic carbocycles. The third kappa shape index (κ3) is 8.04. The van der Waals surface area contributed by atoms with E-state index in [2.05, 4.69) is 23.7 Å². The Hall–Kier alpha value is -2.74. The maximum Gasteiger partial charge on any atom is 0.306 e. The molecule has 1 amide bonds. The maximum absolute atomic E-state index is 11.5. The summed E-state index contributed by atoms with van der Waals surface area (Å²) < 4.78 is 10.4. The number of hydrogen-bond acceptors (Lipinski definition) is 4. The molecule has 0 saturated heterocycles. The lowest BCUT2D eigenvalue weighted by molar-refractivity contribution is -0.144. The Morgan fingerprint density at radius 3 is 2.79 bits per heavy atom. The van der Waals surface area contributed by atoms with Crippen molar-refractivity contribution in [2.45, 2.75) is 26.2 Å². The van der Waals surface area contributed by atoms with Gasteiger partial charge in [0.15, 0.2) is 0 Å². The molecule has 0 heterocycles. The first-order chi connectivity index (χ1) is 11.7. The SMILES string of the molecule is C=CCc1ccccc1OCC#CCNC(=O)CCC(=O)OCC. The van der Waals surface area contributed by atoms with E-state index in [9.17, 15) is 9.59 Å². The van der Waals surface area contributed by atoms with Gasteiger partial charge in [0.05, 0.1) is 19.6 Å². The highest BCUT2D eigenvalue weighted by Crippen LogP contribution is 2.18. The fourth-order valence-corrected chi connectivity index (χ4v) is 1.88. The van der Waals surface area contributed by atoms with Crippen molar-refractivity contribution < 1.29 is 19.1 Å². The van der Waals surface area contributed by atoms with E-state index in [1.165, 1.54) is 0 Å². The number of hydrogen-bond donors (Lipinski definition) is 1. The fraction of sp³-hybridized carbons (Fsp3) is 0.368. The number of rotatable bonds is 9. The van der Waals surface area contributed by atoms with Crippen LogP contribution >= 0.6 is 0 Å². The molecule has 0 unspecified atom stereocenters. The topological polar surface area (TPSA) is 64.6 Å². The summed E-state index contributed by atoms with van der Waals surface area (Å²) in [5.74, 6) is 5.83. The van der Waals surface area contributed by atoms with E-state index in [1.807, 2.05) is 30.3 Å². The van der Waals surface area contributed by atoms with Crippen molar-refractivity contribution in [2.75, 3.05) is 19.8 Å². The minimum atomic E-state index is -0.370. The molecule has 0 aliphatic heterocycles. The number of nitrogens with one attached hydrogen (secondary N) is 1. The number of carbonyl (C=O) groups is 2. The summed E-state index contributed by atoms with van der Waals surface area (Å²) in [7, 11) is 0. The van der Waals surface area contributed by atoms with Gasteiger partial charge in [-0.25, -0.2) is 0 Å². The minimum absolute atomic E-state index is 0.0797. The third-order valence-corrected chi connectivity index (χ3v) is 3.00. The number of esters is 1. The van der Waals surface area contributed by atoms with Gasteiger partial charge in [0.1, 0.15) is 12.4 Å². The summed E-state index contributed by atoms with van der Waals surface area (Å²) in [6.07, 6.45) is 2.74. The van der Waals surface area contributed by atoms with Gasteiger partial charge in [0.25, 0.3) is 0 Å². The molecule has 1 N–H and O–H groups in total. The average molecular weight is 329 g/mol. The van der Waals surface area contributed by atoms with Crippen molar-refractivity contribution >= 4 is 11.9 Å². The van der Waals surface area contributed by atoms with E-state index in [0.717, 1.165) is 17.7 Å². The molecule has 0 saturated carbocycles. The number of allylic oxidation sites excluding steroid dienone is 1. The lowest BCUT2D eigenvalue weighted by Crippen LogP contribution is -2.24. The van der Waals surface area contributed by atoms with Crippen molar-refractivity contribution in [1.82, 2.24) is 5.32 Å². The van der Waals surface area contributed by atoms with Gasteiger partial charge in [-0.3, -0.25) is 9.59 Å². The Bertz CT molecular complexity index is 613. The number of benzene rings is 1. The molecule has 0 fully saturated rings. The Balaban J connectivity index is 2.24. The highest BCUT2D eigenvalue weighted by atomic mass is 16.5. The van der Waals surface area contributed by atoms with E-state index >= 15 is 0 Å². The van der Waals surface area contributed by atoms with Crippen molar-refractivity contribution in [3.8, 4) is 17.6 Å². The summed E-state index contributed by atoms with van der Waals surface area (Å²) in [5.41, 5.74) is 1.06. The second-order valence-corrected chi connectivity index (χ2v) is 4.82. The zero-order valence-corrected chi connectivity index (χ0v) is 14.0. The molecular formula is C19H23NO4. The highest BCUT2D eigenvalue weighted by Gasteiger charge is 2.06. The molecule has 0 bridgehead atoms. The zero-order chi connectivity index (χ0) is 17.6. The molecule has 5 nitrogen and oxygen atoms in total. The molecular weight excluding hydrogens is 306 g/mol. The first kappa shape index (κ1) is 19.3. The Labute approximate surface area is 143 Å².